The fourth-order valence-electron chi connectivity index (χ4n) is 6.75. The van der Waals surface area contributed by atoms with Crippen molar-refractivity contribution in [1.82, 2.24) is 31.1 Å². The number of amides is 6. The van der Waals surface area contributed by atoms with E-state index in [1.54, 1.807) is 74.5 Å². The van der Waals surface area contributed by atoms with E-state index < -0.39 is 82.7 Å². The highest BCUT2D eigenvalue weighted by molar-refractivity contribution is 8.00. The lowest BCUT2D eigenvalue weighted by Gasteiger charge is -2.50. The highest BCUT2D eigenvalue weighted by Gasteiger charge is 2.55. The molecule has 4 aliphatic rings. The molecule has 0 bridgehead atoms. The fourth-order valence-corrected chi connectivity index (χ4v) is 9.34. The molecule has 0 radical (unpaired) electrons. The van der Waals surface area contributed by atoms with Crippen LogP contribution in [-0.2, 0) is 43.1 Å². The Balaban J connectivity index is 1.12. The van der Waals surface area contributed by atoms with Gasteiger partial charge < -0.3 is 26.0 Å². The summed E-state index contributed by atoms with van der Waals surface area (Å²) in [6.07, 6.45) is -0.769. The zero-order valence-electron chi connectivity index (χ0n) is 29.7. The first-order chi connectivity index (χ1) is 25.8. The van der Waals surface area contributed by atoms with Crippen LogP contribution in [0, 0.1) is 0 Å². The Morgan fingerprint density at radius 2 is 1.11 bits per heavy atom. The Morgan fingerprint density at radius 3 is 1.52 bits per heavy atom. The van der Waals surface area contributed by atoms with Crippen molar-refractivity contribution in [3.05, 3.63) is 94.3 Å². The van der Waals surface area contributed by atoms with Crippen molar-refractivity contribution in [2.75, 3.05) is 18.6 Å². The fraction of sp³-hybridized carbons (Fsp3) is 0.351. The molecular weight excluding hydrogens is 737 g/mol. The van der Waals surface area contributed by atoms with Gasteiger partial charge in [0.1, 0.15) is 47.0 Å². The van der Waals surface area contributed by atoms with Crippen molar-refractivity contribution in [3.63, 3.8) is 0 Å². The summed E-state index contributed by atoms with van der Waals surface area (Å²) in [6.45, 7) is 4.89. The van der Waals surface area contributed by atoms with Crippen LogP contribution in [-0.4, -0.2) is 98.4 Å². The number of ether oxygens (including phenoxy) is 1. The van der Waals surface area contributed by atoms with E-state index in [9.17, 15) is 38.4 Å². The molecule has 2 fully saturated rings. The number of ketones is 1. The number of carbonyl (C=O) groups is 8. The first-order valence-corrected chi connectivity index (χ1v) is 19.1. The monoisotopic (exact) mass is 774 g/mol. The van der Waals surface area contributed by atoms with Crippen molar-refractivity contribution in [3.8, 4) is 0 Å². The Kier molecular flexibility index (Phi) is 11.3. The number of Topliss-reactive ketones (excluding diaryl/α,β-unsaturated/α-hetero) is 1. The van der Waals surface area contributed by atoms with Crippen LogP contribution in [0.1, 0.15) is 50.4 Å². The first-order valence-electron chi connectivity index (χ1n) is 17.0. The van der Waals surface area contributed by atoms with E-state index in [0.717, 1.165) is 5.57 Å². The highest BCUT2D eigenvalue weighted by Crippen LogP contribution is 2.42. The molecule has 0 spiro atoms. The van der Waals surface area contributed by atoms with Gasteiger partial charge >= 0.3 is 5.97 Å². The molecule has 2 saturated heterocycles. The number of methoxy groups -OCH3 is 1. The summed E-state index contributed by atoms with van der Waals surface area (Å²) in [5.41, 5.74) is 2.68. The number of benzene rings is 2. The molecular formula is C37H38N6O9S2. The van der Waals surface area contributed by atoms with Crippen LogP contribution >= 0.6 is 23.5 Å². The summed E-state index contributed by atoms with van der Waals surface area (Å²) >= 11 is 2.78. The second-order valence-electron chi connectivity index (χ2n) is 13.1. The number of hydrogen-bond acceptors (Lipinski definition) is 11. The molecule has 54 heavy (non-hydrogen) atoms. The van der Waals surface area contributed by atoms with Crippen molar-refractivity contribution < 1.29 is 43.1 Å². The molecule has 4 aliphatic heterocycles. The normalized spacial score (nSPS) is 22.7. The van der Waals surface area contributed by atoms with E-state index in [1.165, 1.54) is 47.4 Å². The Bertz CT molecular complexity index is 1990. The molecule has 15 nitrogen and oxygen atoms in total. The van der Waals surface area contributed by atoms with Crippen LogP contribution in [0.5, 0.6) is 0 Å². The van der Waals surface area contributed by atoms with Crippen LogP contribution in [0.4, 0.5) is 0 Å². The summed E-state index contributed by atoms with van der Waals surface area (Å²) in [6, 6.07) is 12.1. The number of nitrogens with one attached hydrogen (secondary N) is 4. The average Bonchev–Trinajstić information content (AvgIpc) is 3.16. The number of allylic oxidation sites excluding steroid dienone is 1. The van der Waals surface area contributed by atoms with Crippen LogP contribution in [0.2, 0.25) is 0 Å². The molecule has 4 unspecified atom stereocenters. The summed E-state index contributed by atoms with van der Waals surface area (Å²) in [5.74, 6) is -3.98. The van der Waals surface area contributed by atoms with Gasteiger partial charge in [0.25, 0.3) is 11.8 Å². The topological polar surface area (TPSA) is 200 Å². The number of thioether (sulfide) groups is 2. The van der Waals surface area contributed by atoms with Gasteiger partial charge in [-0.3, -0.25) is 43.4 Å². The summed E-state index contributed by atoms with van der Waals surface area (Å²) < 4.78 is 4.86. The minimum absolute atomic E-state index is 0.140. The van der Waals surface area contributed by atoms with Crippen molar-refractivity contribution in [1.29, 1.82) is 0 Å². The molecule has 4 heterocycles. The molecule has 2 aromatic carbocycles. The lowest BCUT2D eigenvalue weighted by atomic mass is 10.00. The van der Waals surface area contributed by atoms with E-state index in [-0.39, 0.29) is 11.5 Å². The average molecular weight is 775 g/mol. The molecule has 6 amide bonds. The predicted octanol–water partition coefficient (Wildman–Crippen LogP) is 1.20. The third-order valence-electron chi connectivity index (χ3n) is 9.35. The molecule has 4 N–H and O–H groups in total. The van der Waals surface area contributed by atoms with E-state index in [0.29, 0.717) is 33.9 Å². The Labute approximate surface area is 319 Å². The van der Waals surface area contributed by atoms with E-state index >= 15 is 0 Å². The molecule has 2 aromatic rings. The molecule has 17 heteroatoms. The second kappa shape index (κ2) is 15.9. The van der Waals surface area contributed by atoms with Gasteiger partial charge in [-0.05, 0) is 36.1 Å². The molecule has 6 atom stereocenters. The van der Waals surface area contributed by atoms with Gasteiger partial charge in [0.05, 0.1) is 12.8 Å². The van der Waals surface area contributed by atoms with Crippen LogP contribution in [0.3, 0.4) is 0 Å². The third kappa shape index (κ3) is 7.37. The number of β-lactam (4-membered cyclic amide) rings is 2. The largest absolute Gasteiger partial charge is 0.464 e. The number of nitrogens with zero attached hydrogens (tertiary/aromatic N) is 2. The van der Waals surface area contributed by atoms with Crippen molar-refractivity contribution in [2.45, 2.75) is 62.1 Å². The molecule has 0 aliphatic carbocycles. The predicted molar refractivity (Wildman–Crippen MR) is 197 cm³/mol. The number of fused-ring (bicyclic) bond motifs is 2. The third-order valence-corrected chi connectivity index (χ3v) is 12.2. The van der Waals surface area contributed by atoms with E-state index in [1.807, 2.05) is 0 Å². The van der Waals surface area contributed by atoms with E-state index in [2.05, 4.69) is 21.3 Å². The Hall–Kier alpha value is -5.42. The second-order valence-corrected chi connectivity index (χ2v) is 15.3. The molecule has 282 valence electrons. The van der Waals surface area contributed by atoms with Crippen molar-refractivity contribution >= 4 is 70.7 Å². The van der Waals surface area contributed by atoms with E-state index in [4.69, 9.17) is 4.74 Å². The first kappa shape index (κ1) is 38.3. The highest BCUT2D eigenvalue weighted by atomic mass is 32.2. The molecule has 0 aromatic heterocycles. The zero-order chi connectivity index (χ0) is 38.8. The maximum absolute atomic E-state index is 13.7. The standard InChI is InChI=1S/C37H38N6O9S2/c1-18-16-53-35-27(33(49)42(35)29(18)20(3)44)40-31(47)25(21-11-7-5-8-12-21)38-23(45)15-24(46)39-26(22-13-9-6-10-14-22)32(48)41-28-34(50)43-30(37(51)52-4)19(2)17-54-36(28)43/h5-14,25-28,35-36H,15-17H2,1-4H3,(H,38,45)(H,39,46)(H,40,47)(H,41,48)/t25-,26+,27?,28?,35?,36?/m1/s1. The number of rotatable bonds is 12. The van der Waals surface area contributed by atoms with Gasteiger partial charge in [-0.1, -0.05) is 60.7 Å². The minimum Gasteiger partial charge on any atom is -0.464 e. The van der Waals surface area contributed by atoms with Gasteiger partial charge in [0.2, 0.25) is 23.6 Å². The summed E-state index contributed by atoms with van der Waals surface area (Å²) in [7, 11) is 1.22. The summed E-state index contributed by atoms with van der Waals surface area (Å²) in [5, 5.41) is 9.53. The van der Waals surface area contributed by atoms with Gasteiger partial charge in [-0.15, -0.1) is 23.5 Å². The van der Waals surface area contributed by atoms with Gasteiger partial charge in [-0.25, -0.2) is 4.79 Å². The smallest absolute Gasteiger partial charge is 0.354 e. The van der Waals surface area contributed by atoms with Crippen LogP contribution < -0.4 is 21.3 Å². The molecule has 0 saturated carbocycles. The maximum atomic E-state index is 13.7. The Morgan fingerprint density at radius 1 is 0.704 bits per heavy atom. The zero-order valence-corrected chi connectivity index (χ0v) is 31.4. The van der Waals surface area contributed by atoms with Gasteiger partial charge in [0, 0.05) is 18.4 Å². The van der Waals surface area contributed by atoms with Crippen molar-refractivity contribution in [2.24, 2.45) is 0 Å². The SMILES string of the molecule is COC(=O)C1=C(C)CSC2C(NC(=O)[C@@H](NC(=O)CC(=O)N[C@@H](C(=O)NC3C(=O)N4C(C(C)=O)=C(C)CSC34)c3ccccc3)c3ccccc3)C(=O)N12. The summed E-state index contributed by atoms with van der Waals surface area (Å²) in [4.78, 5) is 108. The van der Waals surface area contributed by atoms with Crippen LogP contribution in [0.25, 0.3) is 0 Å². The number of esters is 1. The van der Waals surface area contributed by atoms with Gasteiger partial charge in [-0.2, -0.15) is 0 Å². The molecule has 6 rings (SSSR count). The minimum atomic E-state index is -1.30. The quantitative estimate of drug-likeness (QED) is 0.137. The lowest BCUT2D eigenvalue weighted by Crippen LogP contribution is -2.71. The maximum Gasteiger partial charge on any atom is 0.354 e. The number of carbonyl (C=O) groups excluding carboxylic acids is 8. The lowest BCUT2D eigenvalue weighted by molar-refractivity contribution is -0.152. The van der Waals surface area contributed by atoms with Gasteiger partial charge in [0.15, 0.2) is 5.78 Å². The van der Waals surface area contributed by atoms with Crippen LogP contribution in [0.15, 0.2) is 83.2 Å². The number of hydrogen-bond donors (Lipinski definition) is 4.